The van der Waals surface area contributed by atoms with E-state index in [1.54, 1.807) is 0 Å². The van der Waals surface area contributed by atoms with Gasteiger partial charge < -0.3 is 0 Å². The standard InChI is InChI=1S/C6H12ClS/c1-2-3-4-5-6(7)8/h6H,2-5H2,1H3. The first-order chi connectivity index (χ1) is 3.77. The van der Waals surface area contributed by atoms with Gasteiger partial charge in [0.1, 0.15) is 0 Å². The molecule has 0 saturated heterocycles. The van der Waals surface area contributed by atoms with Crippen molar-refractivity contribution in [3.05, 3.63) is 0 Å². The Kier molecular flexibility index (Phi) is 6.23. The second kappa shape index (κ2) is 5.77. The topological polar surface area (TPSA) is 0 Å². The Balaban J connectivity index is 2.72. The van der Waals surface area contributed by atoms with E-state index in [9.17, 15) is 0 Å². The van der Waals surface area contributed by atoms with Gasteiger partial charge in [0.2, 0.25) is 0 Å². The van der Waals surface area contributed by atoms with E-state index >= 15 is 0 Å². The van der Waals surface area contributed by atoms with Crippen molar-refractivity contribution < 1.29 is 0 Å². The summed E-state index contributed by atoms with van der Waals surface area (Å²) in [5.41, 5.74) is 0. The largest absolute Gasteiger partial charge is 0.110 e. The van der Waals surface area contributed by atoms with Gasteiger partial charge in [-0.25, -0.2) is 0 Å². The fourth-order valence-electron chi connectivity index (χ4n) is 0.555. The number of unbranched alkanes of at least 4 members (excludes halogenated alkanes) is 2. The molecule has 0 aromatic heterocycles. The molecule has 2 heteroatoms. The Bertz CT molecular complexity index is 45.8. The van der Waals surface area contributed by atoms with E-state index < -0.39 is 0 Å². The smallest absolute Gasteiger partial charge is 0.0892 e. The van der Waals surface area contributed by atoms with Gasteiger partial charge >= 0.3 is 0 Å². The number of alkyl halides is 1. The van der Waals surface area contributed by atoms with E-state index in [2.05, 4.69) is 6.92 Å². The van der Waals surface area contributed by atoms with E-state index in [1.807, 2.05) is 0 Å². The van der Waals surface area contributed by atoms with Crippen LogP contribution in [0.4, 0.5) is 0 Å². The zero-order valence-corrected chi connectivity index (χ0v) is 6.76. The van der Waals surface area contributed by atoms with Crippen molar-refractivity contribution in [2.24, 2.45) is 0 Å². The molecule has 0 bridgehead atoms. The van der Waals surface area contributed by atoms with Gasteiger partial charge in [-0.05, 0) is 6.42 Å². The molecular formula is C6H12ClS. The van der Waals surface area contributed by atoms with Crippen LogP contribution >= 0.6 is 24.2 Å². The monoisotopic (exact) mass is 151 g/mol. The molecule has 49 valence electrons. The molecule has 0 aromatic carbocycles. The highest BCUT2D eigenvalue weighted by Crippen LogP contribution is 2.11. The van der Waals surface area contributed by atoms with Crippen LogP contribution in [0.2, 0.25) is 0 Å². The quantitative estimate of drug-likeness (QED) is 0.427. The van der Waals surface area contributed by atoms with Gasteiger partial charge in [-0.3, -0.25) is 0 Å². The molecule has 1 radical (unpaired) electrons. The average molecular weight is 152 g/mol. The van der Waals surface area contributed by atoms with Crippen molar-refractivity contribution in [3.8, 4) is 0 Å². The van der Waals surface area contributed by atoms with Crippen LogP contribution in [0.1, 0.15) is 32.6 Å². The maximum absolute atomic E-state index is 5.53. The number of rotatable bonds is 4. The molecule has 8 heavy (non-hydrogen) atoms. The Labute approximate surface area is 62.0 Å². The first kappa shape index (κ1) is 8.64. The minimum atomic E-state index is -0.0402. The van der Waals surface area contributed by atoms with Gasteiger partial charge in [0.05, 0.1) is 4.71 Å². The summed E-state index contributed by atoms with van der Waals surface area (Å²) < 4.78 is -0.0402. The number of halogens is 1. The number of hydrogen-bond donors (Lipinski definition) is 0. The fraction of sp³-hybridized carbons (Fsp3) is 1.00. The zero-order chi connectivity index (χ0) is 6.41. The van der Waals surface area contributed by atoms with Crippen molar-refractivity contribution in [3.63, 3.8) is 0 Å². The zero-order valence-electron chi connectivity index (χ0n) is 5.19. The third-order valence-electron chi connectivity index (χ3n) is 1.03. The van der Waals surface area contributed by atoms with E-state index in [0.29, 0.717) is 0 Å². The third kappa shape index (κ3) is 6.64. The molecule has 1 unspecified atom stereocenters. The summed E-state index contributed by atoms with van der Waals surface area (Å²) in [4.78, 5) is 0. The normalized spacial score (nSPS) is 13.9. The summed E-state index contributed by atoms with van der Waals surface area (Å²) in [6.45, 7) is 2.17. The van der Waals surface area contributed by atoms with Crippen molar-refractivity contribution in [2.45, 2.75) is 37.3 Å². The minimum absolute atomic E-state index is 0.0402. The molecule has 0 N–H and O–H groups in total. The molecule has 0 spiro atoms. The molecular weight excluding hydrogens is 140 g/mol. The fourth-order valence-corrected chi connectivity index (χ4v) is 0.876. The number of hydrogen-bond acceptors (Lipinski definition) is 0. The molecule has 0 fully saturated rings. The lowest BCUT2D eigenvalue weighted by molar-refractivity contribution is 0.695. The van der Waals surface area contributed by atoms with Crippen LogP contribution < -0.4 is 0 Å². The second-order valence-corrected chi connectivity index (χ2v) is 3.26. The van der Waals surface area contributed by atoms with E-state index in [4.69, 9.17) is 24.2 Å². The molecule has 0 nitrogen and oxygen atoms in total. The Morgan fingerprint density at radius 1 is 1.50 bits per heavy atom. The van der Waals surface area contributed by atoms with Crippen LogP contribution in [0.3, 0.4) is 0 Å². The minimum Gasteiger partial charge on any atom is -0.110 e. The van der Waals surface area contributed by atoms with Crippen LogP contribution in [0, 0.1) is 0 Å². The summed E-state index contributed by atoms with van der Waals surface area (Å²) in [5, 5.41) is 0. The van der Waals surface area contributed by atoms with Gasteiger partial charge in [-0.15, -0.1) is 11.6 Å². The van der Waals surface area contributed by atoms with Crippen LogP contribution in [0.5, 0.6) is 0 Å². The van der Waals surface area contributed by atoms with Crippen molar-refractivity contribution in [1.29, 1.82) is 0 Å². The summed E-state index contributed by atoms with van der Waals surface area (Å²) >= 11 is 10.3. The molecule has 0 saturated carbocycles. The Hall–Kier alpha value is 0.640. The first-order valence-corrected chi connectivity index (χ1v) is 3.98. The predicted molar refractivity (Wildman–Crippen MR) is 41.4 cm³/mol. The van der Waals surface area contributed by atoms with Crippen LogP contribution in [-0.4, -0.2) is 4.71 Å². The molecule has 1 atom stereocenters. The molecule has 0 aromatic rings. The summed E-state index contributed by atoms with van der Waals surface area (Å²) in [7, 11) is 0. The van der Waals surface area contributed by atoms with Crippen molar-refractivity contribution in [2.75, 3.05) is 0 Å². The van der Waals surface area contributed by atoms with Crippen LogP contribution in [-0.2, 0) is 0 Å². The van der Waals surface area contributed by atoms with Gasteiger partial charge in [-0.2, -0.15) is 0 Å². The van der Waals surface area contributed by atoms with Gasteiger partial charge in [0.15, 0.2) is 0 Å². The Morgan fingerprint density at radius 2 is 2.12 bits per heavy atom. The highest BCUT2D eigenvalue weighted by molar-refractivity contribution is 7.82. The van der Waals surface area contributed by atoms with Crippen molar-refractivity contribution in [1.82, 2.24) is 0 Å². The molecule has 0 rings (SSSR count). The molecule has 0 heterocycles. The molecule has 0 aliphatic carbocycles. The first-order valence-electron chi connectivity index (χ1n) is 3.07. The van der Waals surface area contributed by atoms with Gasteiger partial charge in [0.25, 0.3) is 0 Å². The molecule has 0 amide bonds. The van der Waals surface area contributed by atoms with E-state index in [-0.39, 0.29) is 4.71 Å². The van der Waals surface area contributed by atoms with Gasteiger partial charge in [0, 0.05) is 0 Å². The van der Waals surface area contributed by atoms with Crippen molar-refractivity contribution >= 4 is 24.2 Å². The lowest BCUT2D eigenvalue weighted by Gasteiger charge is -1.97. The highest BCUT2D eigenvalue weighted by atomic mass is 35.5. The Morgan fingerprint density at radius 3 is 2.50 bits per heavy atom. The van der Waals surface area contributed by atoms with E-state index in [1.165, 1.54) is 19.3 Å². The lowest BCUT2D eigenvalue weighted by Crippen LogP contribution is -1.85. The van der Waals surface area contributed by atoms with E-state index in [0.717, 1.165) is 6.42 Å². The van der Waals surface area contributed by atoms with Gasteiger partial charge in [-0.1, -0.05) is 38.8 Å². The second-order valence-electron chi connectivity index (χ2n) is 1.91. The highest BCUT2D eigenvalue weighted by Gasteiger charge is 1.94. The molecule has 0 aliphatic heterocycles. The predicted octanol–water partition coefficient (Wildman–Crippen LogP) is 3.33. The third-order valence-corrected chi connectivity index (χ3v) is 1.49. The summed E-state index contributed by atoms with van der Waals surface area (Å²) in [6, 6.07) is 0. The maximum atomic E-state index is 5.53. The average Bonchev–Trinajstić information content (AvgIpc) is 1.66. The molecule has 0 aliphatic rings. The summed E-state index contributed by atoms with van der Waals surface area (Å²) in [6.07, 6.45) is 4.69. The van der Waals surface area contributed by atoms with Crippen LogP contribution in [0.25, 0.3) is 0 Å². The van der Waals surface area contributed by atoms with Crippen LogP contribution in [0.15, 0.2) is 0 Å². The lowest BCUT2D eigenvalue weighted by atomic mass is 10.2. The summed E-state index contributed by atoms with van der Waals surface area (Å²) in [5.74, 6) is 0. The maximum Gasteiger partial charge on any atom is 0.0892 e. The SMILES string of the molecule is CCCCCC([S])Cl.